The van der Waals surface area contributed by atoms with E-state index in [0.29, 0.717) is 23.9 Å². The maximum Gasteiger partial charge on any atom is 0.329 e. The number of H-pyrrole nitrogens is 1. The van der Waals surface area contributed by atoms with Crippen LogP contribution in [0.4, 0.5) is 0 Å². The second-order valence-corrected chi connectivity index (χ2v) is 6.99. The van der Waals surface area contributed by atoms with Crippen LogP contribution >= 0.6 is 0 Å². The van der Waals surface area contributed by atoms with Gasteiger partial charge in [-0.2, -0.15) is 0 Å². The van der Waals surface area contributed by atoms with Crippen molar-refractivity contribution in [1.82, 2.24) is 14.5 Å². The average molecular weight is 393 g/mol. The number of fused-ring (bicyclic) bond motifs is 1. The minimum atomic E-state index is -1.25. The van der Waals surface area contributed by atoms with Gasteiger partial charge in [0.15, 0.2) is 0 Å². The van der Waals surface area contributed by atoms with Crippen LogP contribution < -0.4 is 11.2 Å². The fourth-order valence-electron chi connectivity index (χ4n) is 3.89. The van der Waals surface area contributed by atoms with E-state index in [2.05, 4.69) is 4.98 Å². The van der Waals surface area contributed by atoms with E-state index in [0.717, 1.165) is 4.57 Å². The Morgan fingerprint density at radius 2 is 1.72 bits per heavy atom. The molecule has 29 heavy (non-hydrogen) atoms. The molecule has 0 radical (unpaired) electrons. The van der Waals surface area contributed by atoms with Crippen molar-refractivity contribution in [2.75, 3.05) is 6.54 Å². The summed E-state index contributed by atoms with van der Waals surface area (Å²) in [5.41, 5.74) is -0.501. The number of rotatable bonds is 4. The Hall–Kier alpha value is -3.68. The Bertz CT molecular complexity index is 1200. The molecular formula is C21H19N3O5. The quantitative estimate of drug-likeness (QED) is 0.695. The zero-order valence-corrected chi connectivity index (χ0v) is 15.4. The first-order valence-corrected chi connectivity index (χ1v) is 9.31. The molecule has 0 aliphatic carbocycles. The standard InChI is InChI=1S/C21H19N3O5/c25-18-14-9-4-5-10-15(14)22-21(29)24(18)17(13-7-2-1-3-8-13)19(26)23-12-6-11-16(23)20(27)28/h1-5,7-10,16-17H,6,11-12H2,(H,22,29)(H,27,28). The second-order valence-electron chi connectivity index (χ2n) is 6.99. The number of hydrogen-bond donors (Lipinski definition) is 2. The van der Waals surface area contributed by atoms with Gasteiger partial charge < -0.3 is 15.0 Å². The molecule has 2 heterocycles. The molecule has 2 N–H and O–H groups in total. The molecule has 1 aliphatic heterocycles. The average Bonchev–Trinajstić information content (AvgIpc) is 3.22. The molecule has 0 saturated carbocycles. The molecule has 1 aromatic heterocycles. The SMILES string of the molecule is O=C(O)C1CCCN1C(=O)C(c1ccccc1)n1c(=O)[nH]c2ccccc2c1=O. The van der Waals surface area contributed by atoms with Crippen molar-refractivity contribution in [3.05, 3.63) is 81.0 Å². The maximum absolute atomic E-state index is 13.5. The molecule has 1 fully saturated rings. The van der Waals surface area contributed by atoms with E-state index >= 15 is 0 Å². The van der Waals surface area contributed by atoms with Crippen molar-refractivity contribution in [3.8, 4) is 0 Å². The highest BCUT2D eigenvalue weighted by molar-refractivity contribution is 5.89. The van der Waals surface area contributed by atoms with Gasteiger partial charge in [0.1, 0.15) is 12.1 Å². The summed E-state index contributed by atoms with van der Waals surface area (Å²) in [5.74, 6) is -1.67. The number of hydrogen-bond acceptors (Lipinski definition) is 4. The Balaban J connectivity index is 1.93. The van der Waals surface area contributed by atoms with E-state index in [-0.39, 0.29) is 11.9 Å². The number of likely N-dealkylation sites (tertiary alicyclic amines) is 1. The molecule has 1 amide bonds. The smallest absolute Gasteiger partial charge is 0.329 e. The number of carbonyl (C=O) groups excluding carboxylic acids is 1. The highest BCUT2D eigenvalue weighted by Crippen LogP contribution is 2.25. The predicted octanol–water partition coefficient (Wildman–Crippen LogP) is 1.35. The van der Waals surface area contributed by atoms with Gasteiger partial charge in [0.2, 0.25) is 0 Å². The van der Waals surface area contributed by atoms with Crippen LogP contribution in [0.15, 0.2) is 64.2 Å². The summed E-state index contributed by atoms with van der Waals surface area (Å²) in [5, 5.41) is 9.75. The molecule has 2 atom stereocenters. The van der Waals surface area contributed by atoms with E-state index in [9.17, 15) is 24.3 Å². The van der Waals surface area contributed by atoms with Crippen LogP contribution in [0, 0.1) is 0 Å². The Morgan fingerprint density at radius 3 is 2.45 bits per heavy atom. The van der Waals surface area contributed by atoms with Crippen molar-refractivity contribution in [3.63, 3.8) is 0 Å². The highest BCUT2D eigenvalue weighted by atomic mass is 16.4. The summed E-state index contributed by atoms with van der Waals surface area (Å²) in [4.78, 5) is 54.9. The Kier molecular flexibility index (Phi) is 4.75. The molecule has 0 bridgehead atoms. The summed E-state index contributed by atoms with van der Waals surface area (Å²) in [7, 11) is 0. The molecular weight excluding hydrogens is 374 g/mol. The molecule has 8 heteroatoms. The first-order valence-electron chi connectivity index (χ1n) is 9.31. The number of nitrogens with zero attached hydrogens (tertiary/aromatic N) is 2. The van der Waals surface area contributed by atoms with Gasteiger partial charge in [0, 0.05) is 6.54 Å². The third-order valence-electron chi connectivity index (χ3n) is 5.27. The van der Waals surface area contributed by atoms with Crippen molar-refractivity contribution in [2.45, 2.75) is 24.9 Å². The van der Waals surface area contributed by atoms with Crippen LogP contribution in [0.25, 0.3) is 10.9 Å². The van der Waals surface area contributed by atoms with Gasteiger partial charge >= 0.3 is 11.7 Å². The van der Waals surface area contributed by atoms with Crippen molar-refractivity contribution in [2.24, 2.45) is 0 Å². The number of aliphatic carboxylic acids is 1. The van der Waals surface area contributed by atoms with Gasteiger partial charge in [-0.1, -0.05) is 42.5 Å². The molecule has 148 valence electrons. The number of nitrogens with one attached hydrogen (secondary N) is 1. The zero-order chi connectivity index (χ0) is 20.5. The van der Waals surface area contributed by atoms with E-state index < -0.39 is 35.2 Å². The lowest BCUT2D eigenvalue weighted by molar-refractivity contribution is -0.149. The van der Waals surface area contributed by atoms with Crippen LogP contribution in [-0.2, 0) is 9.59 Å². The summed E-state index contributed by atoms with van der Waals surface area (Å²) >= 11 is 0. The maximum atomic E-state index is 13.5. The van der Waals surface area contributed by atoms with E-state index in [1.807, 2.05) is 0 Å². The summed E-state index contributed by atoms with van der Waals surface area (Å²) in [6.07, 6.45) is 0.888. The predicted molar refractivity (Wildman–Crippen MR) is 106 cm³/mol. The third kappa shape index (κ3) is 3.22. The summed E-state index contributed by atoms with van der Waals surface area (Å²) < 4.78 is 0.886. The topological polar surface area (TPSA) is 112 Å². The fraction of sp³-hybridized carbons (Fsp3) is 0.238. The van der Waals surface area contributed by atoms with Gasteiger partial charge in [-0.3, -0.25) is 9.59 Å². The van der Waals surface area contributed by atoms with Crippen LogP contribution in [0.5, 0.6) is 0 Å². The normalized spacial score (nSPS) is 17.4. The monoisotopic (exact) mass is 393 g/mol. The van der Waals surface area contributed by atoms with Gasteiger partial charge in [-0.15, -0.1) is 0 Å². The number of aromatic amines is 1. The minimum Gasteiger partial charge on any atom is -0.480 e. The number of amides is 1. The molecule has 2 aromatic carbocycles. The number of carboxylic acid groups (broad SMARTS) is 1. The Labute approximate surface area is 165 Å². The van der Waals surface area contributed by atoms with Crippen molar-refractivity contribution < 1.29 is 14.7 Å². The number of benzene rings is 2. The number of carboxylic acids is 1. The number of para-hydroxylation sites is 1. The van der Waals surface area contributed by atoms with Crippen molar-refractivity contribution in [1.29, 1.82) is 0 Å². The van der Waals surface area contributed by atoms with Gasteiger partial charge in [-0.25, -0.2) is 14.2 Å². The molecule has 8 nitrogen and oxygen atoms in total. The van der Waals surface area contributed by atoms with Crippen LogP contribution in [0.3, 0.4) is 0 Å². The third-order valence-corrected chi connectivity index (χ3v) is 5.27. The molecule has 3 aromatic rings. The van der Waals surface area contributed by atoms with E-state index in [1.165, 1.54) is 4.90 Å². The zero-order valence-electron chi connectivity index (χ0n) is 15.4. The van der Waals surface area contributed by atoms with Gasteiger partial charge in [0.05, 0.1) is 10.9 Å². The summed E-state index contributed by atoms with van der Waals surface area (Å²) in [6, 6.07) is 12.8. The molecule has 1 aliphatic rings. The second kappa shape index (κ2) is 7.38. The highest BCUT2D eigenvalue weighted by Gasteiger charge is 2.39. The van der Waals surface area contributed by atoms with Crippen LogP contribution in [0.1, 0.15) is 24.4 Å². The van der Waals surface area contributed by atoms with Gasteiger partial charge in [0.25, 0.3) is 11.5 Å². The van der Waals surface area contributed by atoms with Crippen LogP contribution in [0.2, 0.25) is 0 Å². The number of carbonyl (C=O) groups is 2. The van der Waals surface area contributed by atoms with E-state index in [1.54, 1.807) is 54.6 Å². The lowest BCUT2D eigenvalue weighted by Crippen LogP contribution is -2.49. The molecule has 0 spiro atoms. The Morgan fingerprint density at radius 1 is 1.03 bits per heavy atom. The number of aromatic nitrogens is 2. The minimum absolute atomic E-state index is 0.263. The lowest BCUT2D eigenvalue weighted by Gasteiger charge is -2.27. The van der Waals surface area contributed by atoms with Crippen molar-refractivity contribution >= 4 is 22.8 Å². The fourth-order valence-corrected chi connectivity index (χ4v) is 3.89. The molecule has 4 rings (SSSR count). The lowest BCUT2D eigenvalue weighted by atomic mass is 10.0. The first kappa shape index (κ1) is 18.7. The molecule has 2 unspecified atom stereocenters. The van der Waals surface area contributed by atoms with E-state index in [4.69, 9.17) is 0 Å². The summed E-state index contributed by atoms with van der Waals surface area (Å²) in [6.45, 7) is 0.263. The largest absolute Gasteiger partial charge is 0.480 e. The molecule has 1 saturated heterocycles. The first-order chi connectivity index (χ1) is 14.0. The van der Waals surface area contributed by atoms with Gasteiger partial charge in [-0.05, 0) is 30.5 Å². The van der Waals surface area contributed by atoms with Crippen LogP contribution in [-0.4, -0.2) is 44.0 Å².